The van der Waals surface area contributed by atoms with Crippen LogP contribution in [-0.2, 0) is 30.2 Å². The van der Waals surface area contributed by atoms with E-state index in [1.54, 1.807) is 44.9 Å². The molecule has 0 aliphatic carbocycles. The monoisotopic (exact) mass is 312 g/mol. The van der Waals surface area contributed by atoms with E-state index in [0.717, 1.165) is 5.69 Å². The Morgan fingerprint density at radius 3 is 2.57 bits per heavy atom. The zero-order valence-corrected chi connectivity index (χ0v) is 13.4. The van der Waals surface area contributed by atoms with E-state index in [1.807, 2.05) is 0 Å². The Hall–Kier alpha value is -1.64. The van der Waals surface area contributed by atoms with Gasteiger partial charge in [-0.2, -0.15) is 5.10 Å². The van der Waals surface area contributed by atoms with Crippen LogP contribution in [0.1, 0.15) is 22.8 Å². The molecular formula is C13H20N4O3S. The molecule has 0 aliphatic heterocycles. The van der Waals surface area contributed by atoms with E-state index in [-0.39, 0.29) is 11.4 Å². The van der Waals surface area contributed by atoms with Crippen LogP contribution >= 0.6 is 0 Å². The number of nitrogens with zero attached hydrogens (tertiary/aromatic N) is 2. The molecule has 0 amide bonds. The van der Waals surface area contributed by atoms with Crippen molar-refractivity contribution in [3.63, 3.8) is 0 Å². The number of sulfonamides is 1. The molecule has 7 nitrogen and oxygen atoms in total. The van der Waals surface area contributed by atoms with Crippen LogP contribution in [0.4, 0.5) is 0 Å². The Balaban J connectivity index is 2.29. The lowest BCUT2D eigenvalue weighted by Crippen LogP contribution is -2.26. The van der Waals surface area contributed by atoms with E-state index >= 15 is 0 Å². The Labute approximate surface area is 124 Å². The summed E-state index contributed by atoms with van der Waals surface area (Å²) in [5.41, 5.74) is 1.44. The smallest absolute Gasteiger partial charge is 0.244 e. The van der Waals surface area contributed by atoms with E-state index in [1.165, 1.54) is 0 Å². The highest BCUT2D eigenvalue weighted by Crippen LogP contribution is 2.26. The third-order valence-corrected chi connectivity index (χ3v) is 4.91. The summed E-state index contributed by atoms with van der Waals surface area (Å²) >= 11 is 0. The van der Waals surface area contributed by atoms with Gasteiger partial charge in [-0.05, 0) is 27.0 Å². The van der Waals surface area contributed by atoms with Crippen LogP contribution in [0.5, 0.6) is 0 Å². The predicted octanol–water partition coefficient (Wildman–Crippen LogP) is 0.828. The Morgan fingerprint density at radius 2 is 2.00 bits per heavy atom. The first-order valence-corrected chi connectivity index (χ1v) is 8.05. The second-order valence-corrected chi connectivity index (χ2v) is 6.53. The molecular weight excluding hydrogens is 292 g/mol. The molecule has 0 bridgehead atoms. The molecule has 2 rings (SSSR count). The summed E-state index contributed by atoms with van der Waals surface area (Å²) in [6.45, 7) is 4.04. The third kappa shape index (κ3) is 3.17. The second-order valence-electron chi connectivity index (χ2n) is 4.82. The fraction of sp³-hybridized carbons (Fsp3) is 0.462. The number of aryl methyl sites for hydroxylation is 3. The lowest BCUT2D eigenvalue weighted by Gasteiger charge is -2.08. The van der Waals surface area contributed by atoms with Crippen LogP contribution in [0.15, 0.2) is 21.6 Å². The van der Waals surface area contributed by atoms with Crippen LogP contribution in [0, 0.1) is 13.8 Å². The van der Waals surface area contributed by atoms with Crippen molar-refractivity contribution in [2.24, 2.45) is 7.05 Å². The summed E-state index contributed by atoms with van der Waals surface area (Å²) in [4.78, 5) is 0.219. The molecule has 116 valence electrons. The van der Waals surface area contributed by atoms with Crippen molar-refractivity contribution in [2.45, 2.75) is 31.8 Å². The molecule has 8 heteroatoms. The number of hydrogen-bond donors (Lipinski definition) is 2. The quantitative estimate of drug-likeness (QED) is 0.824. The average molecular weight is 312 g/mol. The molecule has 0 atom stereocenters. The van der Waals surface area contributed by atoms with Gasteiger partial charge in [-0.3, -0.25) is 4.68 Å². The summed E-state index contributed by atoms with van der Waals surface area (Å²) in [5.74, 6) is 1.01. The largest absolute Gasteiger partial charge is 0.465 e. The maximum Gasteiger partial charge on any atom is 0.244 e. The zero-order valence-electron chi connectivity index (χ0n) is 12.6. The minimum Gasteiger partial charge on any atom is -0.465 e. The number of nitrogens with one attached hydrogen (secondary N) is 2. The predicted molar refractivity (Wildman–Crippen MR) is 78.2 cm³/mol. The summed E-state index contributed by atoms with van der Waals surface area (Å²) in [5, 5.41) is 6.98. The topological polar surface area (TPSA) is 89.2 Å². The molecule has 2 N–H and O–H groups in total. The molecule has 0 spiro atoms. The van der Waals surface area contributed by atoms with Gasteiger partial charge in [-0.1, -0.05) is 0 Å². The molecule has 0 unspecified atom stereocenters. The van der Waals surface area contributed by atoms with Crippen LogP contribution in [0.3, 0.4) is 0 Å². The summed E-state index contributed by atoms with van der Waals surface area (Å²) in [6.07, 6.45) is 1.63. The van der Waals surface area contributed by atoms with Gasteiger partial charge in [0.05, 0.1) is 12.2 Å². The van der Waals surface area contributed by atoms with E-state index in [2.05, 4.69) is 15.1 Å². The molecule has 2 aromatic rings. The Morgan fingerprint density at radius 1 is 1.29 bits per heavy atom. The fourth-order valence-corrected chi connectivity index (χ4v) is 3.70. The number of aromatic nitrogens is 2. The first kappa shape index (κ1) is 15.7. The lowest BCUT2D eigenvalue weighted by atomic mass is 10.2. The zero-order chi connectivity index (χ0) is 15.6. The molecule has 21 heavy (non-hydrogen) atoms. The standard InChI is InChI=1S/C13H20N4O3S/c1-9-12(8-14-3)13(10(2)20-9)21(18,19)16-7-11-5-6-15-17(11)4/h5-6,14,16H,7-8H2,1-4H3. The number of hydrogen-bond acceptors (Lipinski definition) is 5. The van der Waals surface area contributed by atoms with Crippen molar-refractivity contribution < 1.29 is 12.8 Å². The van der Waals surface area contributed by atoms with E-state index in [9.17, 15) is 8.42 Å². The summed E-state index contributed by atoms with van der Waals surface area (Å²) in [6, 6.07) is 1.77. The molecule has 0 fully saturated rings. The van der Waals surface area contributed by atoms with Crippen molar-refractivity contribution in [1.82, 2.24) is 19.8 Å². The van der Waals surface area contributed by atoms with Gasteiger partial charge in [-0.25, -0.2) is 13.1 Å². The maximum absolute atomic E-state index is 12.5. The van der Waals surface area contributed by atoms with E-state index in [0.29, 0.717) is 23.6 Å². The van der Waals surface area contributed by atoms with E-state index < -0.39 is 10.0 Å². The molecule has 0 aliphatic rings. The lowest BCUT2D eigenvalue weighted by molar-refractivity contribution is 0.493. The SMILES string of the molecule is CNCc1c(C)oc(C)c1S(=O)(=O)NCc1ccnn1C. The second kappa shape index (κ2) is 6.00. The van der Waals surface area contributed by atoms with Gasteiger partial charge in [0.15, 0.2) is 0 Å². The molecule has 0 radical (unpaired) electrons. The number of furan rings is 1. The highest BCUT2D eigenvalue weighted by atomic mass is 32.2. The van der Waals surface area contributed by atoms with Gasteiger partial charge in [0.2, 0.25) is 10.0 Å². The van der Waals surface area contributed by atoms with Gasteiger partial charge in [0, 0.05) is 25.4 Å². The van der Waals surface area contributed by atoms with Crippen molar-refractivity contribution in [1.29, 1.82) is 0 Å². The van der Waals surface area contributed by atoms with Crippen molar-refractivity contribution in [2.75, 3.05) is 7.05 Å². The van der Waals surface area contributed by atoms with Gasteiger partial charge in [0.25, 0.3) is 0 Å². The molecule has 0 saturated heterocycles. The fourth-order valence-electron chi connectivity index (χ4n) is 2.26. The molecule has 0 aromatic carbocycles. The minimum absolute atomic E-state index is 0.182. The van der Waals surface area contributed by atoms with Gasteiger partial charge >= 0.3 is 0 Å². The van der Waals surface area contributed by atoms with Crippen molar-refractivity contribution >= 4 is 10.0 Å². The molecule has 2 aromatic heterocycles. The van der Waals surface area contributed by atoms with Crippen molar-refractivity contribution in [3.05, 3.63) is 35.0 Å². The first-order chi connectivity index (χ1) is 9.86. The normalized spacial score (nSPS) is 12.0. The third-order valence-electron chi connectivity index (χ3n) is 3.31. The average Bonchev–Trinajstić information content (AvgIpc) is 2.92. The highest BCUT2D eigenvalue weighted by molar-refractivity contribution is 7.89. The van der Waals surface area contributed by atoms with E-state index in [4.69, 9.17) is 4.42 Å². The highest BCUT2D eigenvalue weighted by Gasteiger charge is 2.26. The Kier molecular flexibility index (Phi) is 4.50. The van der Waals surface area contributed by atoms with Gasteiger partial charge in [0.1, 0.15) is 16.4 Å². The number of rotatable bonds is 6. The first-order valence-electron chi connectivity index (χ1n) is 6.57. The van der Waals surface area contributed by atoms with Crippen LogP contribution < -0.4 is 10.0 Å². The van der Waals surface area contributed by atoms with Gasteiger partial charge in [-0.15, -0.1) is 0 Å². The van der Waals surface area contributed by atoms with Crippen molar-refractivity contribution in [3.8, 4) is 0 Å². The summed E-state index contributed by atoms with van der Waals surface area (Å²) in [7, 11) is -0.108. The molecule has 2 heterocycles. The van der Waals surface area contributed by atoms with Crippen LogP contribution in [0.25, 0.3) is 0 Å². The minimum atomic E-state index is -3.64. The molecule has 0 saturated carbocycles. The summed E-state index contributed by atoms with van der Waals surface area (Å²) < 4.78 is 34.8. The van der Waals surface area contributed by atoms with Crippen LogP contribution in [-0.4, -0.2) is 25.2 Å². The van der Waals surface area contributed by atoms with Crippen LogP contribution in [0.2, 0.25) is 0 Å². The Bertz CT molecular complexity index is 731. The van der Waals surface area contributed by atoms with Gasteiger partial charge < -0.3 is 9.73 Å². The maximum atomic E-state index is 12.5.